The minimum absolute atomic E-state index is 0.0686. The van der Waals surface area contributed by atoms with Crippen LogP contribution in [0.15, 0.2) is 12.4 Å². The van der Waals surface area contributed by atoms with Gasteiger partial charge in [-0.15, -0.1) is 0 Å². The smallest absolute Gasteiger partial charge is 0.410 e. The van der Waals surface area contributed by atoms with Crippen LogP contribution in [0.25, 0.3) is 11.0 Å². The lowest BCUT2D eigenvalue weighted by molar-refractivity contribution is 0.0252. The molecule has 0 aliphatic carbocycles. The van der Waals surface area contributed by atoms with Crippen LogP contribution in [0.4, 0.5) is 10.6 Å². The molecule has 3 heterocycles. The van der Waals surface area contributed by atoms with Gasteiger partial charge in [0.2, 0.25) is 0 Å². The number of primary amides is 1. The average molecular weight is 421 g/mol. The second-order valence-electron chi connectivity index (χ2n) is 8.04. The van der Waals surface area contributed by atoms with Crippen molar-refractivity contribution in [3.05, 3.63) is 23.1 Å². The minimum Gasteiger partial charge on any atom is -0.444 e. The van der Waals surface area contributed by atoms with Crippen LogP contribution in [0, 0.1) is 0 Å². The molecule has 9 nitrogen and oxygen atoms in total. The van der Waals surface area contributed by atoms with Crippen LogP contribution in [0.3, 0.4) is 0 Å². The number of anilines is 1. The lowest BCUT2D eigenvalue weighted by atomic mass is 10.1. The van der Waals surface area contributed by atoms with Crippen molar-refractivity contribution >= 4 is 40.5 Å². The Labute approximate surface area is 174 Å². The summed E-state index contributed by atoms with van der Waals surface area (Å²) in [6.45, 7) is 6.63. The number of nitrogens with two attached hydrogens (primary N) is 1. The second-order valence-corrected chi connectivity index (χ2v) is 8.43. The van der Waals surface area contributed by atoms with Gasteiger partial charge in [-0.3, -0.25) is 4.79 Å². The molecule has 2 aromatic rings. The molecule has 1 atom stereocenters. The van der Waals surface area contributed by atoms with E-state index in [-0.39, 0.29) is 22.9 Å². The molecule has 29 heavy (non-hydrogen) atoms. The van der Waals surface area contributed by atoms with E-state index in [2.05, 4.69) is 20.3 Å². The van der Waals surface area contributed by atoms with Gasteiger partial charge in [0.05, 0.1) is 5.56 Å². The molecule has 1 saturated heterocycles. The highest BCUT2D eigenvalue weighted by molar-refractivity contribution is 6.30. The number of ether oxygens (including phenoxy) is 1. The van der Waals surface area contributed by atoms with E-state index in [9.17, 15) is 9.59 Å². The van der Waals surface area contributed by atoms with Gasteiger partial charge in [0.1, 0.15) is 28.1 Å². The van der Waals surface area contributed by atoms with Crippen LogP contribution in [0.2, 0.25) is 5.15 Å². The third kappa shape index (κ3) is 5.23. The molecule has 0 radical (unpaired) electrons. The second kappa shape index (κ2) is 8.36. The third-order valence-corrected chi connectivity index (χ3v) is 4.68. The van der Waals surface area contributed by atoms with Crippen molar-refractivity contribution in [1.29, 1.82) is 0 Å². The van der Waals surface area contributed by atoms with Crippen molar-refractivity contribution < 1.29 is 14.3 Å². The number of aromatic nitrogens is 3. The zero-order valence-electron chi connectivity index (χ0n) is 16.7. The molecule has 1 aliphatic rings. The van der Waals surface area contributed by atoms with Crippen LogP contribution in [0.1, 0.15) is 50.4 Å². The molecule has 3 N–H and O–H groups in total. The number of fused-ring (bicyclic) bond motifs is 1. The Balaban J connectivity index is 1.86. The molecule has 0 saturated carbocycles. The van der Waals surface area contributed by atoms with Gasteiger partial charge in [-0.05, 0) is 46.1 Å². The number of amides is 2. The quantitative estimate of drug-likeness (QED) is 0.731. The lowest BCUT2D eigenvalue weighted by Crippen LogP contribution is -2.42. The number of carbonyl (C=O) groups is 2. The molecule has 0 bridgehead atoms. The zero-order valence-corrected chi connectivity index (χ0v) is 17.5. The van der Waals surface area contributed by atoms with Gasteiger partial charge < -0.3 is 20.7 Å². The molecule has 10 heteroatoms. The highest BCUT2D eigenvalue weighted by Crippen LogP contribution is 2.25. The van der Waals surface area contributed by atoms with Crippen LogP contribution >= 0.6 is 11.6 Å². The van der Waals surface area contributed by atoms with Gasteiger partial charge in [0, 0.05) is 19.1 Å². The molecular weight excluding hydrogens is 396 g/mol. The van der Waals surface area contributed by atoms with Crippen molar-refractivity contribution in [3.63, 3.8) is 0 Å². The monoisotopic (exact) mass is 420 g/mol. The number of rotatable bonds is 3. The molecule has 1 aliphatic heterocycles. The van der Waals surface area contributed by atoms with Crippen LogP contribution in [0.5, 0.6) is 0 Å². The summed E-state index contributed by atoms with van der Waals surface area (Å²) < 4.78 is 5.51. The third-order valence-electron chi connectivity index (χ3n) is 4.49. The van der Waals surface area contributed by atoms with Crippen molar-refractivity contribution in [3.8, 4) is 0 Å². The van der Waals surface area contributed by atoms with Crippen LogP contribution in [-0.2, 0) is 4.74 Å². The molecule has 156 valence electrons. The number of halogens is 1. The fourth-order valence-corrected chi connectivity index (χ4v) is 3.44. The van der Waals surface area contributed by atoms with Crippen molar-refractivity contribution in [2.45, 2.75) is 51.7 Å². The summed E-state index contributed by atoms with van der Waals surface area (Å²) in [7, 11) is 0. The molecule has 0 spiro atoms. The van der Waals surface area contributed by atoms with E-state index in [0.717, 1.165) is 19.3 Å². The predicted octanol–water partition coefficient (Wildman–Crippen LogP) is 2.98. The maximum atomic E-state index is 12.5. The minimum atomic E-state index is -0.644. The maximum absolute atomic E-state index is 12.5. The number of nitrogens with one attached hydrogen (secondary N) is 1. The summed E-state index contributed by atoms with van der Waals surface area (Å²) in [6.07, 6.45) is 3.68. The Bertz CT molecular complexity index is 930. The molecule has 3 rings (SSSR count). The highest BCUT2D eigenvalue weighted by Gasteiger charge is 2.27. The first-order valence-corrected chi connectivity index (χ1v) is 9.87. The van der Waals surface area contributed by atoms with E-state index in [4.69, 9.17) is 22.1 Å². The zero-order chi connectivity index (χ0) is 21.2. The molecule has 2 amide bonds. The number of nitrogens with zero attached hydrogens (tertiary/aromatic N) is 4. The Morgan fingerprint density at radius 3 is 2.72 bits per heavy atom. The van der Waals surface area contributed by atoms with E-state index in [1.165, 1.54) is 12.4 Å². The van der Waals surface area contributed by atoms with Crippen LogP contribution < -0.4 is 11.1 Å². The van der Waals surface area contributed by atoms with Gasteiger partial charge in [0.25, 0.3) is 5.91 Å². The Morgan fingerprint density at radius 1 is 1.28 bits per heavy atom. The van der Waals surface area contributed by atoms with E-state index in [1.807, 2.05) is 20.8 Å². The van der Waals surface area contributed by atoms with Crippen molar-refractivity contribution in [2.75, 3.05) is 18.4 Å². The van der Waals surface area contributed by atoms with E-state index < -0.39 is 11.5 Å². The summed E-state index contributed by atoms with van der Waals surface area (Å²) in [5, 5.41) is 3.46. The van der Waals surface area contributed by atoms with E-state index in [1.54, 1.807) is 4.90 Å². The number of hydrogen-bond acceptors (Lipinski definition) is 7. The fourth-order valence-electron chi connectivity index (χ4n) is 3.25. The van der Waals surface area contributed by atoms with Crippen molar-refractivity contribution in [1.82, 2.24) is 19.9 Å². The first kappa shape index (κ1) is 21.0. The summed E-state index contributed by atoms with van der Waals surface area (Å²) in [4.78, 5) is 38.6. The number of pyridine rings is 1. The molecule has 1 fully saturated rings. The van der Waals surface area contributed by atoms with Crippen molar-refractivity contribution in [2.24, 2.45) is 5.73 Å². The number of likely N-dealkylation sites (tertiary alicyclic amines) is 1. The largest absolute Gasteiger partial charge is 0.444 e. The summed E-state index contributed by atoms with van der Waals surface area (Å²) >= 11 is 6.06. The lowest BCUT2D eigenvalue weighted by Gasteiger charge is -2.28. The first-order valence-electron chi connectivity index (χ1n) is 9.49. The van der Waals surface area contributed by atoms with E-state index >= 15 is 0 Å². The molecule has 1 unspecified atom stereocenters. The van der Waals surface area contributed by atoms with Gasteiger partial charge >= 0.3 is 6.09 Å². The number of carbonyl (C=O) groups excluding carboxylic acids is 2. The normalized spacial score (nSPS) is 17.7. The predicted molar refractivity (Wildman–Crippen MR) is 110 cm³/mol. The first-order chi connectivity index (χ1) is 13.6. The highest BCUT2D eigenvalue weighted by atomic mass is 35.5. The van der Waals surface area contributed by atoms with E-state index in [0.29, 0.717) is 29.9 Å². The standard InChI is InChI=1S/C19H25ClN6O3/c1-19(2,3)29-18(28)26-7-5-4-6-11(9-26)24-17-15-14(22-10-23-17)12(16(21)27)8-13(20)25-15/h8,10-11H,4-7,9H2,1-3H3,(H2,21,27)(H,22,23,24). The molecular formula is C19H25ClN6O3. The molecule has 2 aromatic heterocycles. The Kier molecular flexibility index (Phi) is 6.07. The van der Waals surface area contributed by atoms with Gasteiger partial charge in [0.15, 0.2) is 5.82 Å². The fraction of sp³-hybridized carbons (Fsp3) is 0.526. The van der Waals surface area contributed by atoms with Crippen LogP contribution in [-0.4, -0.2) is 56.6 Å². The maximum Gasteiger partial charge on any atom is 0.410 e. The summed E-state index contributed by atoms with van der Waals surface area (Å²) in [5.74, 6) is -0.203. The van der Waals surface area contributed by atoms with Gasteiger partial charge in [-0.1, -0.05) is 11.6 Å². The SMILES string of the molecule is CC(C)(C)OC(=O)N1CCCCC(Nc2ncnc3c(C(N)=O)cc(Cl)nc23)C1. The van der Waals surface area contributed by atoms with Gasteiger partial charge in [-0.2, -0.15) is 0 Å². The van der Waals surface area contributed by atoms with Gasteiger partial charge in [-0.25, -0.2) is 19.7 Å². The topological polar surface area (TPSA) is 123 Å². The summed E-state index contributed by atoms with van der Waals surface area (Å²) in [5.41, 5.74) is 5.76. The Hall–Kier alpha value is -2.68. The number of hydrogen-bond donors (Lipinski definition) is 2. The molecule has 0 aromatic carbocycles. The Morgan fingerprint density at radius 2 is 2.03 bits per heavy atom. The summed E-state index contributed by atoms with van der Waals surface area (Å²) in [6, 6.07) is 1.32. The average Bonchev–Trinajstić information content (AvgIpc) is 2.86.